The lowest BCUT2D eigenvalue weighted by atomic mass is 10.00. The second-order valence-corrected chi connectivity index (χ2v) is 6.17. The van der Waals surface area contributed by atoms with Crippen LogP contribution in [0.25, 0.3) is 0 Å². The molecule has 0 spiro atoms. The Balaban J connectivity index is 1.78. The van der Waals surface area contributed by atoms with E-state index < -0.39 is 12.1 Å². The average molecular weight is 315 g/mol. The summed E-state index contributed by atoms with van der Waals surface area (Å²) in [5.41, 5.74) is 0. The summed E-state index contributed by atoms with van der Waals surface area (Å²) in [7, 11) is 0. The molecule has 0 aliphatic carbocycles. The second kappa shape index (κ2) is 5.23. The number of hydrogen-bond donors (Lipinski definition) is 2. The van der Waals surface area contributed by atoms with Crippen molar-refractivity contribution in [3.8, 4) is 0 Å². The summed E-state index contributed by atoms with van der Waals surface area (Å²) in [4.78, 5) is 35.6. The average Bonchev–Trinajstić information content (AvgIpc) is 2.93. The van der Waals surface area contributed by atoms with Gasteiger partial charge in [-0.15, -0.1) is 0 Å². The molecular weight excluding hydrogens is 302 g/mol. The quantitative estimate of drug-likeness (QED) is 0.568. The van der Waals surface area contributed by atoms with E-state index in [2.05, 4.69) is 0 Å². The van der Waals surface area contributed by atoms with Crippen molar-refractivity contribution >= 4 is 29.8 Å². The number of carbonyl (C=O) groups is 3. The van der Waals surface area contributed by atoms with E-state index in [9.17, 15) is 19.5 Å². The predicted octanol–water partition coefficient (Wildman–Crippen LogP) is 0.469. The molecule has 3 aliphatic rings. The largest absolute Gasteiger partial charge is 0.512 e. The van der Waals surface area contributed by atoms with Crippen molar-refractivity contribution in [2.45, 2.75) is 30.7 Å². The molecule has 0 aromatic carbocycles. The van der Waals surface area contributed by atoms with Crippen molar-refractivity contribution in [3.05, 3.63) is 10.8 Å². The third kappa shape index (κ3) is 2.36. The van der Waals surface area contributed by atoms with E-state index in [-0.39, 0.29) is 35.8 Å². The Morgan fingerprint density at radius 1 is 1.48 bits per heavy atom. The monoisotopic (exact) mass is 315 g/mol. The highest BCUT2D eigenvalue weighted by Gasteiger charge is 2.55. The van der Waals surface area contributed by atoms with Crippen molar-refractivity contribution in [1.29, 1.82) is 0 Å². The standard InChI is InChI=1S/C12H13NO7S/c14-4-6-9(16)13-10(20-12(17)18)7(21-11(6)13)3-5-1-2-8(15)19-5/h5-6,11,14H,1-4H2,(H,17,18)/t5-,6+,11-/m1/s1. The molecule has 3 aliphatic heterocycles. The number of amides is 1. The fourth-order valence-corrected chi connectivity index (χ4v) is 4.12. The number of esters is 1. The molecule has 0 radical (unpaired) electrons. The normalized spacial score (nSPS) is 31.1. The van der Waals surface area contributed by atoms with Gasteiger partial charge in [-0.05, 0) is 6.42 Å². The maximum Gasteiger partial charge on any atom is 0.512 e. The molecule has 3 rings (SSSR count). The van der Waals surface area contributed by atoms with Gasteiger partial charge in [-0.3, -0.25) is 14.5 Å². The van der Waals surface area contributed by atoms with Crippen LogP contribution in [-0.2, 0) is 19.1 Å². The van der Waals surface area contributed by atoms with E-state index in [0.717, 1.165) is 0 Å². The van der Waals surface area contributed by atoms with Crippen LogP contribution in [0.15, 0.2) is 10.8 Å². The Morgan fingerprint density at radius 2 is 2.24 bits per heavy atom. The van der Waals surface area contributed by atoms with Crippen LogP contribution >= 0.6 is 11.8 Å². The zero-order chi connectivity index (χ0) is 15.1. The number of carbonyl (C=O) groups excluding carboxylic acids is 2. The van der Waals surface area contributed by atoms with Crippen molar-refractivity contribution in [1.82, 2.24) is 4.90 Å². The van der Waals surface area contributed by atoms with Gasteiger partial charge < -0.3 is 19.7 Å². The Morgan fingerprint density at radius 3 is 2.81 bits per heavy atom. The van der Waals surface area contributed by atoms with Gasteiger partial charge in [0.2, 0.25) is 11.8 Å². The minimum atomic E-state index is -1.51. The zero-order valence-electron chi connectivity index (χ0n) is 10.9. The maximum atomic E-state index is 11.9. The Bertz CT molecular complexity index is 546. The summed E-state index contributed by atoms with van der Waals surface area (Å²) in [6.45, 7) is -0.293. The van der Waals surface area contributed by atoms with Gasteiger partial charge in [0.25, 0.3) is 0 Å². The molecule has 2 N–H and O–H groups in total. The van der Waals surface area contributed by atoms with Crippen LogP contribution in [-0.4, -0.2) is 51.2 Å². The van der Waals surface area contributed by atoms with Crippen LogP contribution < -0.4 is 0 Å². The number of thioether (sulfide) groups is 1. The van der Waals surface area contributed by atoms with Crippen LogP contribution in [0, 0.1) is 5.92 Å². The van der Waals surface area contributed by atoms with Crippen LogP contribution in [0.1, 0.15) is 19.3 Å². The first-order chi connectivity index (χ1) is 10.0. The Labute approximate surface area is 123 Å². The number of ether oxygens (including phenoxy) is 2. The third-order valence-corrected chi connectivity index (χ3v) is 5.04. The first-order valence-electron chi connectivity index (χ1n) is 6.45. The van der Waals surface area contributed by atoms with E-state index in [0.29, 0.717) is 24.2 Å². The summed E-state index contributed by atoms with van der Waals surface area (Å²) in [5.74, 6) is -1.21. The summed E-state index contributed by atoms with van der Waals surface area (Å²) in [6.07, 6.45) is -0.618. The zero-order valence-corrected chi connectivity index (χ0v) is 11.7. The highest BCUT2D eigenvalue weighted by molar-refractivity contribution is 8.04. The van der Waals surface area contributed by atoms with E-state index in [1.165, 1.54) is 16.7 Å². The second-order valence-electron chi connectivity index (χ2n) is 4.96. The number of hydrogen-bond acceptors (Lipinski definition) is 7. The summed E-state index contributed by atoms with van der Waals surface area (Å²) in [6, 6.07) is 0. The SMILES string of the molecule is O=C(O)OC1=C(C[C@H]2CCC(=O)O2)S[C@@H]2[C@@H](CO)C(=O)N12. The van der Waals surface area contributed by atoms with Crippen molar-refractivity contribution < 1.29 is 34.1 Å². The number of carboxylic acid groups (broad SMARTS) is 1. The lowest BCUT2D eigenvalue weighted by molar-refractivity contribution is -0.152. The maximum absolute atomic E-state index is 11.9. The molecular formula is C12H13NO7S. The van der Waals surface area contributed by atoms with Crippen molar-refractivity contribution in [3.63, 3.8) is 0 Å². The van der Waals surface area contributed by atoms with Gasteiger partial charge in [-0.25, -0.2) is 4.79 Å². The molecule has 0 aromatic heterocycles. The molecule has 3 atom stereocenters. The highest BCUT2D eigenvalue weighted by atomic mass is 32.2. The van der Waals surface area contributed by atoms with E-state index >= 15 is 0 Å². The lowest BCUT2D eigenvalue weighted by Crippen LogP contribution is -2.58. The molecule has 21 heavy (non-hydrogen) atoms. The number of cyclic esters (lactones) is 1. The fraction of sp³-hybridized carbons (Fsp3) is 0.583. The number of aliphatic hydroxyl groups excluding tert-OH is 1. The molecule has 3 heterocycles. The first kappa shape index (κ1) is 14.2. The molecule has 0 unspecified atom stereocenters. The van der Waals surface area contributed by atoms with Crippen molar-refractivity contribution in [2.24, 2.45) is 5.92 Å². The van der Waals surface area contributed by atoms with E-state index in [4.69, 9.17) is 14.6 Å². The van der Waals surface area contributed by atoms with Gasteiger partial charge in [-0.1, -0.05) is 11.8 Å². The minimum absolute atomic E-state index is 0.0184. The predicted molar refractivity (Wildman–Crippen MR) is 68.7 cm³/mol. The molecule has 2 fully saturated rings. The van der Waals surface area contributed by atoms with Crippen LogP contribution in [0.4, 0.5) is 4.79 Å². The minimum Gasteiger partial charge on any atom is -0.462 e. The lowest BCUT2D eigenvalue weighted by Gasteiger charge is -2.40. The van der Waals surface area contributed by atoms with Gasteiger partial charge in [0, 0.05) is 12.8 Å². The number of aliphatic hydroxyl groups is 1. The molecule has 2 saturated heterocycles. The van der Waals surface area contributed by atoms with Crippen molar-refractivity contribution in [2.75, 3.05) is 6.61 Å². The molecule has 0 aromatic rings. The molecule has 114 valence electrons. The van der Waals surface area contributed by atoms with Gasteiger partial charge in [0.15, 0.2) is 0 Å². The number of β-lactam (4-membered cyclic amide) rings is 1. The van der Waals surface area contributed by atoms with Gasteiger partial charge in [0.05, 0.1) is 17.4 Å². The van der Waals surface area contributed by atoms with Crippen LogP contribution in [0.2, 0.25) is 0 Å². The topological polar surface area (TPSA) is 113 Å². The van der Waals surface area contributed by atoms with Gasteiger partial charge in [0.1, 0.15) is 11.5 Å². The Kier molecular flexibility index (Phi) is 3.54. The van der Waals surface area contributed by atoms with E-state index in [1.54, 1.807) is 0 Å². The van der Waals surface area contributed by atoms with E-state index in [1.807, 2.05) is 0 Å². The Hall–Kier alpha value is -1.74. The van der Waals surface area contributed by atoms with Crippen LogP contribution in [0.3, 0.4) is 0 Å². The van der Waals surface area contributed by atoms with Gasteiger partial charge in [-0.2, -0.15) is 0 Å². The van der Waals surface area contributed by atoms with Gasteiger partial charge >= 0.3 is 12.1 Å². The number of fused-ring (bicyclic) bond motifs is 1. The number of nitrogens with zero attached hydrogens (tertiary/aromatic N) is 1. The fourth-order valence-electron chi connectivity index (χ4n) is 2.63. The molecule has 8 nitrogen and oxygen atoms in total. The number of rotatable bonds is 4. The summed E-state index contributed by atoms with van der Waals surface area (Å²) < 4.78 is 9.82. The summed E-state index contributed by atoms with van der Waals surface area (Å²) >= 11 is 1.28. The first-order valence-corrected chi connectivity index (χ1v) is 7.33. The molecule has 0 saturated carbocycles. The smallest absolute Gasteiger partial charge is 0.462 e. The van der Waals surface area contributed by atoms with Crippen LogP contribution in [0.5, 0.6) is 0 Å². The molecule has 9 heteroatoms. The highest BCUT2D eigenvalue weighted by Crippen LogP contribution is 2.51. The molecule has 0 bridgehead atoms. The summed E-state index contributed by atoms with van der Waals surface area (Å²) in [5, 5.41) is 17.6. The molecule has 1 amide bonds. The third-order valence-electron chi connectivity index (χ3n) is 3.64.